The first-order valence-corrected chi connectivity index (χ1v) is 5.91. The number of nitrogens with zero attached hydrogens (tertiary/aromatic N) is 1. The molecule has 0 bridgehead atoms. The molecule has 0 aromatic carbocycles. The molecule has 0 aliphatic carbocycles. The number of rotatable bonds is 2. The fourth-order valence-corrected chi connectivity index (χ4v) is 1.59. The van der Waals surface area contributed by atoms with Gasteiger partial charge in [-0.15, -0.1) is 0 Å². The first-order valence-electron chi connectivity index (χ1n) is 5.91. The molecule has 0 unspecified atom stereocenters. The number of carbonyl (C=O) groups is 2. The highest BCUT2D eigenvalue weighted by Crippen LogP contribution is 2.11. The van der Waals surface area contributed by atoms with E-state index >= 15 is 0 Å². The van der Waals surface area contributed by atoms with Crippen molar-refractivity contribution >= 4 is 11.8 Å². The molecule has 0 atom stereocenters. The highest BCUT2D eigenvalue weighted by molar-refractivity contribution is 5.97. The van der Waals surface area contributed by atoms with Gasteiger partial charge in [-0.25, -0.2) is 0 Å². The Morgan fingerprint density at radius 2 is 2.12 bits per heavy atom. The third-order valence-corrected chi connectivity index (χ3v) is 2.33. The summed E-state index contributed by atoms with van der Waals surface area (Å²) < 4.78 is 0. The second-order valence-electron chi connectivity index (χ2n) is 5.09. The van der Waals surface area contributed by atoms with Gasteiger partial charge in [-0.05, 0) is 20.8 Å². The highest BCUT2D eigenvalue weighted by atomic mass is 16.2. The summed E-state index contributed by atoms with van der Waals surface area (Å²) in [6, 6.07) is 0. The maximum Gasteiger partial charge on any atom is 0.269 e. The lowest BCUT2D eigenvalue weighted by molar-refractivity contribution is -0.133. The van der Waals surface area contributed by atoms with Crippen LogP contribution in [0.4, 0.5) is 0 Å². The Hall–Kier alpha value is -1.52. The molecule has 5 heteroatoms. The van der Waals surface area contributed by atoms with Gasteiger partial charge in [0.25, 0.3) is 5.91 Å². The van der Waals surface area contributed by atoms with Gasteiger partial charge in [-0.2, -0.15) is 0 Å². The van der Waals surface area contributed by atoms with Crippen molar-refractivity contribution in [2.45, 2.75) is 39.7 Å². The van der Waals surface area contributed by atoms with Crippen molar-refractivity contribution in [2.24, 2.45) is 0 Å². The quantitative estimate of drug-likeness (QED) is 0.741. The van der Waals surface area contributed by atoms with E-state index in [2.05, 4.69) is 10.6 Å². The molecule has 0 saturated heterocycles. The topological polar surface area (TPSA) is 61.4 Å². The van der Waals surface area contributed by atoms with E-state index in [0.717, 1.165) is 0 Å². The summed E-state index contributed by atoms with van der Waals surface area (Å²) in [6.07, 6.45) is 2.01. The Balaban J connectivity index is 2.82. The maximum absolute atomic E-state index is 12.0. The Morgan fingerprint density at radius 1 is 1.47 bits per heavy atom. The van der Waals surface area contributed by atoms with Crippen molar-refractivity contribution in [3.63, 3.8) is 0 Å². The zero-order valence-electron chi connectivity index (χ0n) is 11.0. The molecule has 5 nitrogen and oxygen atoms in total. The van der Waals surface area contributed by atoms with Crippen molar-refractivity contribution in [2.75, 3.05) is 13.1 Å². The van der Waals surface area contributed by atoms with Crippen LogP contribution in [0.5, 0.6) is 0 Å². The van der Waals surface area contributed by atoms with E-state index in [1.807, 2.05) is 20.8 Å². The zero-order chi connectivity index (χ0) is 13.1. The molecule has 1 aliphatic rings. The lowest BCUT2D eigenvalue weighted by Gasteiger charge is -2.30. The van der Waals surface area contributed by atoms with Crippen LogP contribution in [0.2, 0.25) is 0 Å². The van der Waals surface area contributed by atoms with E-state index in [0.29, 0.717) is 25.2 Å². The van der Waals surface area contributed by atoms with Gasteiger partial charge < -0.3 is 15.5 Å². The Bertz CT molecular complexity index is 342. The summed E-state index contributed by atoms with van der Waals surface area (Å²) in [7, 11) is 0. The predicted molar refractivity (Wildman–Crippen MR) is 66.0 cm³/mol. The number of hydrogen-bond acceptors (Lipinski definition) is 3. The first kappa shape index (κ1) is 13.5. The summed E-state index contributed by atoms with van der Waals surface area (Å²) in [4.78, 5) is 25.3. The molecule has 1 rings (SSSR count). The van der Waals surface area contributed by atoms with Crippen molar-refractivity contribution in [1.29, 1.82) is 0 Å². The molecule has 0 aromatic rings. The molecule has 0 spiro atoms. The third-order valence-electron chi connectivity index (χ3n) is 2.33. The number of amides is 2. The van der Waals surface area contributed by atoms with Crippen LogP contribution in [-0.4, -0.2) is 35.3 Å². The third kappa shape index (κ3) is 3.76. The van der Waals surface area contributed by atoms with Crippen LogP contribution in [0.25, 0.3) is 0 Å². The Labute approximate surface area is 102 Å². The molecule has 1 heterocycles. The van der Waals surface area contributed by atoms with Gasteiger partial charge in [0.2, 0.25) is 5.91 Å². The van der Waals surface area contributed by atoms with E-state index in [-0.39, 0.29) is 17.4 Å². The van der Waals surface area contributed by atoms with Gasteiger partial charge in [0.05, 0.1) is 0 Å². The predicted octanol–water partition coefficient (Wildman–Crippen LogP) is 0.584. The summed E-state index contributed by atoms with van der Waals surface area (Å²) in [5.74, 6) is -0.242. The van der Waals surface area contributed by atoms with Crippen LogP contribution in [0.1, 0.15) is 34.1 Å². The molecule has 2 N–H and O–H groups in total. The molecule has 0 radical (unpaired) electrons. The summed E-state index contributed by atoms with van der Waals surface area (Å²) in [6.45, 7) is 8.74. The molecule has 0 saturated carbocycles. The van der Waals surface area contributed by atoms with Crippen molar-refractivity contribution in [1.82, 2.24) is 15.5 Å². The second-order valence-corrected chi connectivity index (χ2v) is 5.09. The SMILES string of the molecule is CCC(=O)N1CCNC=C1C(=O)NC(C)(C)C. The molecular weight excluding hydrogens is 218 g/mol. The normalized spacial score (nSPS) is 16.0. The molecule has 0 aromatic heterocycles. The molecule has 1 aliphatic heterocycles. The van der Waals surface area contributed by atoms with E-state index in [9.17, 15) is 9.59 Å². The van der Waals surface area contributed by atoms with Crippen LogP contribution in [-0.2, 0) is 9.59 Å². The summed E-state index contributed by atoms with van der Waals surface area (Å²) >= 11 is 0. The van der Waals surface area contributed by atoms with Gasteiger partial charge in [-0.1, -0.05) is 6.92 Å². The average molecular weight is 239 g/mol. The van der Waals surface area contributed by atoms with Crippen LogP contribution >= 0.6 is 0 Å². The number of hydrogen-bond donors (Lipinski definition) is 2. The van der Waals surface area contributed by atoms with Gasteiger partial charge in [0, 0.05) is 31.2 Å². The van der Waals surface area contributed by atoms with Crippen LogP contribution in [0.15, 0.2) is 11.9 Å². The lowest BCUT2D eigenvalue weighted by Crippen LogP contribution is -2.49. The van der Waals surface area contributed by atoms with E-state index < -0.39 is 0 Å². The largest absolute Gasteiger partial charge is 0.387 e. The smallest absolute Gasteiger partial charge is 0.269 e. The van der Waals surface area contributed by atoms with Gasteiger partial charge in [0.15, 0.2) is 0 Å². The number of nitrogens with one attached hydrogen (secondary N) is 2. The lowest BCUT2D eigenvalue weighted by atomic mass is 10.1. The maximum atomic E-state index is 12.0. The highest BCUT2D eigenvalue weighted by Gasteiger charge is 2.26. The monoisotopic (exact) mass is 239 g/mol. The summed E-state index contributed by atoms with van der Waals surface area (Å²) in [5.41, 5.74) is 0.0917. The average Bonchev–Trinajstić information content (AvgIpc) is 2.25. The second kappa shape index (κ2) is 5.21. The Morgan fingerprint density at radius 3 is 2.65 bits per heavy atom. The number of carbonyl (C=O) groups excluding carboxylic acids is 2. The molecule has 96 valence electrons. The van der Waals surface area contributed by atoms with Crippen LogP contribution < -0.4 is 10.6 Å². The minimum atomic E-state index is -0.309. The first-order chi connectivity index (χ1) is 7.85. The fraction of sp³-hybridized carbons (Fsp3) is 0.667. The molecule has 0 fully saturated rings. The van der Waals surface area contributed by atoms with E-state index in [1.54, 1.807) is 13.1 Å². The zero-order valence-corrected chi connectivity index (χ0v) is 11.0. The molecule has 2 amide bonds. The van der Waals surface area contributed by atoms with Gasteiger partial charge >= 0.3 is 0 Å². The minimum absolute atomic E-state index is 0.0261. The van der Waals surface area contributed by atoms with Gasteiger partial charge in [-0.3, -0.25) is 9.59 Å². The van der Waals surface area contributed by atoms with Crippen LogP contribution in [0.3, 0.4) is 0 Å². The van der Waals surface area contributed by atoms with Crippen LogP contribution in [0, 0.1) is 0 Å². The molecule has 17 heavy (non-hydrogen) atoms. The van der Waals surface area contributed by atoms with Crippen molar-refractivity contribution in [3.05, 3.63) is 11.9 Å². The minimum Gasteiger partial charge on any atom is -0.387 e. The summed E-state index contributed by atoms with van der Waals surface area (Å²) in [5, 5.41) is 5.85. The molecular formula is C12H21N3O2. The Kier molecular flexibility index (Phi) is 4.15. The van der Waals surface area contributed by atoms with E-state index in [1.165, 1.54) is 4.90 Å². The van der Waals surface area contributed by atoms with Crippen molar-refractivity contribution in [3.8, 4) is 0 Å². The van der Waals surface area contributed by atoms with Gasteiger partial charge in [0.1, 0.15) is 5.70 Å². The fourth-order valence-electron chi connectivity index (χ4n) is 1.59. The van der Waals surface area contributed by atoms with E-state index in [4.69, 9.17) is 0 Å². The van der Waals surface area contributed by atoms with Crippen molar-refractivity contribution < 1.29 is 9.59 Å². The standard InChI is InChI=1S/C12H21N3O2/c1-5-10(16)15-7-6-13-8-9(15)11(17)14-12(2,3)4/h8,13H,5-7H2,1-4H3,(H,14,17).